The number of hydrogen-bond donors (Lipinski definition) is 2. The summed E-state index contributed by atoms with van der Waals surface area (Å²) in [4.78, 5) is 24.3. The van der Waals surface area contributed by atoms with Gasteiger partial charge in [-0.1, -0.05) is 0 Å². The predicted molar refractivity (Wildman–Crippen MR) is 105 cm³/mol. The zero-order chi connectivity index (χ0) is 20.4. The van der Waals surface area contributed by atoms with Gasteiger partial charge in [0, 0.05) is 31.4 Å². The normalized spacial score (nSPS) is 11.8. The molecule has 2 aromatic carbocycles. The van der Waals surface area contributed by atoms with E-state index in [1.165, 1.54) is 10.9 Å². The van der Waals surface area contributed by atoms with E-state index in [-0.39, 0.29) is 29.7 Å². The Bertz CT molecular complexity index is 1120. The number of anilines is 2. The summed E-state index contributed by atoms with van der Waals surface area (Å²) >= 11 is 0. The second kappa shape index (κ2) is 7.55. The third kappa shape index (κ3) is 3.70. The van der Waals surface area contributed by atoms with Crippen LogP contribution in [-0.4, -0.2) is 29.5 Å². The Morgan fingerprint density at radius 1 is 1.14 bits per heavy atom. The molecule has 0 spiro atoms. The number of aryl methyl sites for hydroxylation is 1. The van der Waals surface area contributed by atoms with Gasteiger partial charge in [-0.15, -0.1) is 0 Å². The number of carbonyl (C=O) groups is 1. The van der Waals surface area contributed by atoms with Crippen LogP contribution in [0.1, 0.15) is 10.4 Å². The summed E-state index contributed by atoms with van der Waals surface area (Å²) < 4.78 is 17.7. The van der Waals surface area contributed by atoms with Crippen molar-refractivity contribution in [3.05, 3.63) is 64.6 Å². The number of ether oxygens (including phenoxy) is 3. The third-order valence-corrected chi connectivity index (χ3v) is 4.32. The largest absolute Gasteiger partial charge is 0.454 e. The van der Waals surface area contributed by atoms with Gasteiger partial charge in [0.25, 0.3) is 11.5 Å². The lowest BCUT2D eigenvalue weighted by atomic mass is 10.2. The van der Waals surface area contributed by atoms with Crippen molar-refractivity contribution in [3.8, 4) is 23.0 Å². The first-order valence-corrected chi connectivity index (χ1v) is 8.78. The Morgan fingerprint density at radius 3 is 2.66 bits per heavy atom. The summed E-state index contributed by atoms with van der Waals surface area (Å²) in [5.41, 5.74) is 0.987. The third-order valence-electron chi connectivity index (χ3n) is 4.32. The number of aromatic nitrogens is 2. The SMILES string of the molecule is CNC(=O)c1ccc(Nc2c(Oc3ccc4c(c3)OCO4)cnn(C)c2=O)cc1. The minimum absolute atomic E-state index is 0.158. The summed E-state index contributed by atoms with van der Waals surface area (Å²) in [7, 11) is 3.11. The maximum absolute atomic E-state index is 12.6. The Kier molecular flexibility index (Phi) is 4.78. The highest BCUT2D eigenvalue weighted by molar-refractivity contribution is 5.94. The lowest BCUT2D eigenvalue weighted by molar-refractivity contribution is 0.0963. The van der Waals surface area contributed by atoms with E-state index in [2.05, 4.69) is 15.7 Å². The van der Waals surface area contributed by atoms with Crippen molar-refractivity contribution in [2.75, 3.05) is 19.2 Å². The van der Waals surface area contributed by atoms with Crippen molar-refractivity contribution in [3.63, 3.8) is 0 Å². The van der Waals surface area contributed by atoms with Crippen molar-refractivity contribution in [1.82, 2.24) is 15.1 Å². The van der Waals surface area contributed by atoms with Crippen LogP contribution in [0.25, 0.3) is 0 Å². The Hall–Kier alpha value is -4.01. The van der Waals surface area contributed by atoms with E-state index in [4.69, 9.17) is 14.2 Å². The first kappa shape index (κ1) is 18.4. The van der Waals surface area contributed by atoms with Crippen LogP contribution >= 0.6 is 0 Å². The van der Waals surface area contributed by atoms with E-state index in [0.29, 0.717) is 28.5 Å². The Balaban J connectivity index is 1.63. The quantitative estimate of drug-likeness (QED) is 0.685. The Morgan fingerprint density at radius 2 is 1.90 bits per heavy atom. The van der Waals surface area contributed by atoms with E-state index < -0.39 is 0 Å². The average molecular weight is 394 g/mol. The monoisotopic (exact) mass is 394 g/mol. The van der Waals surface area contributed by atoms with Gasteiger partial charge in [0.2, 0.25) is 6.79 Å². The molecule has 0 saturated carbocycles. The van der Waals surface area contributed by atoms with Gasteiger partial charge in [-0.3, -0.25) is 9.59 Å². The summed E-state index contributed by atoms with van der Waals surface area (Å²) in [6.45, 7) is 0.158. The molecule has 1 amide bonds. The Labute approximate surface area is 165 Å². The topological polar surface area (TPSA) is 104 Å². The number of carbonyl (C=O) groups excluding carboxylic acids is 1. The van der Waals surface area contributed by atoms with Gasteiger partial charge in [0.1, 0.15) is 5.75 Å². The summed E-state index contributed by atoms with van der Waals surface area (Å²) in [5, 5.41) is 9.64. The van der Waals surface area contributed by atoms with Crippen LogP contribution in [0.4, 0.5) is 11.4 Å². The molecule has 0 atom stereocenters. The molecule has 1 aliphatic heterocycles. The molecule has 29 heavy (non-hydrogen) atoms. The molecule has 9 heteroatoms. The fourth-order valence-corrected chi connectivity index (χ4v) is 2.78. The minimum atomic E-state index is -0.362. The second-order valence-corrected chi connectivity index (χ2v) is 6.21. The molecule has 0 fully saturated rings. The molecule has 3 aromatic rings. The summed E-state index contributed by atoms with van der Waals surface area (Å²) in [5.74, 6) is 1.74. The first-order valence-electron chi connectivity index (χ1n) is 8.78. The first-order chi connectivity index (χ1) is 14.0. The highest BCUT2D eigenvalue weighted by Crippen LogP contribution is 2.37. The smallest absolute Gasteiger partial charge is 0.294 e. The van der Waals surface area contributed by atoms with Crippen molar-refractivity contribution in [1.29, 1.82) is 0 Å². The lowest BCUT2D eigenvalue weighted by Gasteiger charge is -2.13. The number of hydrogen-bond acceptors (Lipinski definition) is 7. The maximum Gasteiger partial charge on any atom is 0.294 e. The summed E-state index contributed by atoms with van der Waals surface area (Å²) in [6.07, 6.45) is 1.45. The van der Waals surface area contributed by atoms with Crippen LogP contribution < -0.4 is 30.4 Å². The van der Waals surface area contributed by atoms with Crippen molar-refractivity contribution >= 4 is 17.3 Å². The van der Waals surface area contributed by atoms with E-state index in [9.17, 15) is 9.59 Å². The number of benzene rings is 2. The number of rotatable bonds is 5. The van der Waals surface area contributed by atoms with Gasteiger partial charge in [-0.25, -0.2) is 4.68 Å². The van der Waals surface area contributed by atoms with Gasteiger partial charge < -0.3 is 24.8 Å². The molecule has 0 unspecified atom stereocenters. The highest BCUT2D eigenvalue weighted by Gasteiger charge is 2.17. The average Bonchev–Trinajstić information content (AvgIpc) is 3.21. The molecule has 0 bridgehead atoms. The van der Waals surface area contributed by atoms with Gasteiger partial charge in [0.15, 0.2) is 22.9 Å². The van der Waals surface area contributed by atoms with Gasteiger partial charge in [0.05, 0.1) is 6.20 Å². The molecule has 148 valence electrons. The molecule has 4 rings (SSSR count). The fourth-order valence-electron chi connectivity index (χ4n) is 2.78. The molecule has 0 saturated heterocycles. The molecule has 0 radical (unpaired) electrons. The number of nitrogens with one attached hydrogen (secondary N) is 2. The number of fused-ring (bicyclic) bond motifs is 1. The van der Waals surface area contributed by atoms with Crippen LogP contribution in [0.2, 0.25) is 0 Å². The molecule has 1 aliphatic rings. The number of nitrogens with zero attached hydrogens (tertiary/aromatic N) is 2. The highest BCUT2D eigenvalue weighted by atomic mass is 16.7. The van der Waals surface area contributed by atoms with Gasteiger partial charge in [-0.2, -0.15) is 5.10 Å². The maximum atomic E-state index is 12.6. The molecular weight excluding hydrogens is 376 g/mol. The van der Waals surface area contributed by atoms with Crippen LogP contribution in [0.5, 0.6) is 23.0 Å². The van der Waals surface area contributed by atoms with E-state index in [1.54, 1.807) is 56.6 Å². The van der Waals surface area contributed by atoms with Crippen molar-refractivity contribution in [2.45, 2.75) is 0 Å². The van der Waals surface area contributed by atoms with Crippen molar-refractivity contribution in [2.24, 2.45) is 7.05 Å². The molecular formula is C20H18N4O5. The van der Waals surface area contributed by atoms with Gasteiger partial charge >= 0.3 is 0 Å². The lowest BCUT2D eigenvalue weighted by Crippen LogP contribution is -2.22. The zero-order valence-electron chi connectivity index (χ0n) is 15.8. The van der Waals surface area contributed by atoms with E-state index in [1.807, 2.05) is 0 Å². The van der Waals surface area contributed by atoms with Gasteiger partial charge in [-0.05, 0) is 36.4 Å². The van der Waals surface area contributed by atoms with Crippen LogP contribution in [-0.2, 0) is 7.05 Å². The predicted octanol–water partition coefficient (Wildman–Crippen LogP) is 2.40. The van der Waals surface area contributed by atoms with Crippen molar-refractivity contribution < 1.29 is 19.0 Å². The number of amides is 1. The molecule has 2 heterocycles. The van der Waals surface area contributed by atoms with E-state index >= 15 is 0 Å². The second-order valence-electron chi connectivity index (χ2n) is 6.21. The zero-order valence-corrected chi connectivity index (χ0v) is 15.8. The van der Waals surface area contributed by atoms with E-state index in [0.717, 1.165) is 0 Å². The van der Waals surface area contributed by atoms with Crippen LogP contribution in [0.3, 0.4) is 0 Å². The summed E-state index contributed by atoms with van der Waals surface area (Å²) in [6, 6.07) is 11.9. The molecule has 2 N–H and O–H groups in total. The van der Waals surface area contributed by atoms with Crippen LogP contribution in [0.15, 0.2) is 53.5 Å². The van der Waals surface area contributed by atoms with Crippen LogP contribution in [0, 0.1) is 0 Å². The fraction of sp³-hybridized carbons (Fsp3) is 0.150. The molecule has 0 aliphatic carbocycles. The molecule has 1 aromatic heterocycles. The standard InChI is InChI=1S/C20H18N4O5/c1-21-19(25)12-3-5-13(6-4-12)23-18-17(10-22-24(2)20(18)26)29-14-7-8-15-16(9-14)28-11-27-15/h3-10,23H,11H2,1-2H3,(H,21,25). The minimum Gasteiger partial charge on any atom is -0.454 e. The molecule has 9 nitrogen and oxygen atoms in total.